The van der Waals surface area contributed by atoms with Crippen LogP contribution in [-0.4, -0.2) is 66.0 Å². The number of amides is 1. The van der Waals surface area contributed by atoms with E-state index in [0.29, 0.717) is 32.4 Å². The molecule has 2 unspecified atom stereocenters. The van der Waals surface area contributed by atoms with Crippen LogP contribution in [-0.2, 0) is 19.6 Å². The first-order chi connectivity index (χ1) is 10.6. The third kappa shape index (κ3) is 3.52. The van der Waals surface area contributed by atoms with Gasteiger partial charge in [0.25, 0.3) is 0 Å². The lowest BCUT2D eigenvalue weighted by Crippen LogP contribution is -2.56. The molecule has 8 heteroatoms. The molecule has 0 aliphatic carbocycles. The van der Waals surface area contributed by atoms with Gasteiger partial charge in [0.15, 0.2) is 0 Å². The van der Waals surface area contributed by atoms with Gasteiger partial charge in [-0.3, -0.25) is 9.59 Å². The molecule has 2 saturated heterocycles. The number of rotatable bonds is 4. The van der Waals surface area contributed by atoms with E-state index in [1.165, 1.54) is 9.21 Å². The summed E-state index contributed by atoms with van der Waals surface area (Å²) in [6, 6.07) is -0.737. The maximum Gasteiger partial charge on any atom is 0.311 e. The van der Waals surface area contributed by atoms with Crippen molar-refractivity contribution >= 4 is 21.9 Å². The summed E-state index contributed by atoms with van der Waals surface area (Å²) in [4.78, 5) is 26.0. The van der Waals surface area contributed by atoms with E-state index >= 15 is 0 Å². The van der Waals surface area contributed by atoms with Gasteiger partial charge in [-0.2, -0.15) is 4.31 Å². The highest BCUT2D eigenvalue weighted by atomic mass is 32.2. The average molecular weight is 346 g/mol. The van der Waals surface area contributed by atoms with Gasteiger partial charge in [-0.05, 0) is 32.1 Å². The van der Waals surface area contributed by atoms with Gasteiger partial charge in [-0.15, -0.1) is 0 Å². The molecular formula is C15H26N2O5S. The highest BCUT2D eigenvalue weighted by Crippen LogP contribution is 2.32. The number of sulfonamides is 1. The monoisotopic (exact) mass is 346 g/mol. The largest absolute Gasteiger partial charge is 0.481 e. The fourth-order valence-corrected chi connectivity index (χ4v) is 5.32. The molecule has 0 bridgehead atoms. The molecule has 2 fully saturated rings. The molecule has 0 aromatic rings. The van der Waals surface area contributed by atoms with Crippen LogP contribution < -0.4 is 0 Å². The summed E-state index contributed by atoms with van der Waals surface area (Å²) < 4.78 is 25.7. The molecule has 23 heavy (non-hydrogen) atoms. The van der Waals surface area contributed by atoms with Gasteiger partial charge in [-0.1, -0.05) is 13.8 Å². The minimum Gasteiger partial charge on any atom is -0.481 e. The number of piperidine rings is 1. The zero-order valence-corrected chi connectivity index (χ0v) is 14.8. The second-order valence-corrected chi connectivity index (χ2v) is 9.24. The van der Waals surface area contributed by atoms with E-state index in [4.69, 9.17) is 0 Å². The van der Waals surface area contributed by atoms with Crippen LogP contribution in [0.3, 0.4) is 0 Å². The van der Waals surface area contributed by atoms with E-state index in [1.807, 2.05) is 13.8 Å². The first-order valence-corrected chi connectivity index (χ1v) is 9.71. The number of hydrogen-bond donors (Lipinski definition) is 1. The Morgan fingerprint density at radius 2 is 1.83 bits per heavy atom. The molecule has 0 spiro atoms. The SMILES string of the molecule is CC(C)C(C(=O)N1CCCC(C)(C(=O)O)C1)N1CCCS1(=O)=O. The van der Waals surface area contributed by atoms with Gasteiger partial charge in [0.2, 0.25) is 15.9 Å². The highest BCUT2D eigenvalue weighted by molar-refractivity contribution is 7.89. The summed E-state index contributed by atoms with van der Waals surface area (Å²) in [6.07, 6.45) is 1.68. The summed E-state index contributed by atoms with van der Waals surface area (Å²) in [7, 11) is -3.39. The van der Waals surface area contributed by atoms with Crippen molar-refractivity contribution in [2.75, 3.05) is 25.4 Å². The van der Waals surface area contributed by atoms with Crippen molar-refractivity contribution in [1.29, 1.82) is 0 Å². The Labute approximate surface area is 137 Å². The van der Waals surface area contributed by atoms with Crippen LogP contribution in [0.15, 0.2) is 0 Å². The van der Waals surface area contributed by atoms with Crippen molar-refractivity contribution < 1.29 is 23.1 Å². The van der Waals surface area contributed by atoms with E-state index in [2.05, 4.69) is 0 Å². The molecule has 0 radical (unpaired) electrons. The maximum atomic E-state index is 13.0. The number of carboxylic acids is 1. The number of hydrogen-bond acceptors (Lipinski definition) is 4. The van der Waals surface area contributed by atoms with Gasteiger partial charge in [0.05, 0.1) is 11.2 Å². The maximum absolute atomic E-state index is 13.0. The number of carbonyl (C=O) groups excluding carboxylic acids is 1. The normalized spacial score (nSPS) is 29.7. The van der Waals surface area contributed by atoms with Gasteiger partial charge in [0, 0.05) is 19.6 Å². The van der Waals surface area contributed by atoms with Crippen LogP contribution in [0.25, 0.3) is 0 Å². The van der Waals surface area contributed by atoms with Gasteiger partial charge in [-0.25, -0.2) is 8.42 Å². The number of nitrogens with zero attached hydrogens (tertiary/aromatic N) is 2. The van der Waals surface area contributed by atoms with Crippen LogP contribution in [0.5, 0.6) is 0 Å². The van der Waals surface area contributed by atoms with Crippen molar-refractivity contribution in [1.82, 2.24) is 9.21 Å². The molecule has 0 aromatic heterocycles. The van der Waals surface area contributed by atoms with Crippen LogP contribution in [0.4, 0.5) is 0 Å². The number of carbonyl (C=O) groups is 2. The Morgan fingerprint density at radius 1 is 1.17 bits per heavy atom. The van der Waals surface area contributed by atoms with E-state index < -0.39 is 27.4 Å². The van der Waals surface area contributed by atoms with Gasteiger partial charge < -0.3 is 10.0 Å². The fraction of sp³-hybridized carbons (Fsp3) is 0.867. The summed E-state index contributed by atoms with van der Waals surface area (Å²) in [5.74, 6) is -1.26. The van der Waals surface area contributed by atoms with Crippen molar-refractivity contribution in [2.45, 2.75) is 46.1 Å². The summed E-state index contributed by atoms with van der Waals surface area (Å²) in [5.41, 5.74) is -0.959. The minimum atomic E-state index is -3.39. The first-order valence-electron chi connectivity index (χ1n) is 8.10. The Hall–Kier alpha value is -1.15. The van der Waals surface area contributed by atoms with E-state index in [9.17, 15) is 23.1 Å². The van der Waals surface area contributed by atoms with Crippen LogP contribution in [0, 0.1) is 11.3 Å². The molecule has 2 aliphatic heterocycles. The predicted molar refractivity (Wildman–Crippen MR) is 85.3 cm³/mol. The predicted octanol–water partition coefficient (Wildman–Crippen LogP) is 0.760. The van der Waals surface area contributed by atoms with Crippen molar-refractivity contribution in [3.05, 3.63) is 0 Å². The molecule has 0 aromatic carbocycles. The van der Waals surface area contributed by atoms with Crippen LogP contribution >= 0.6 is 0 Å². The first kappa shape index (κ1) is 18.2. The lowest BCUT2D eigenvalue weighted by atomic mass is 9.81. The molecular weight excluding hydrogens is 320 g/mol. The Kier molecular flexibility index (Phi) is 5.06. The molecule has 2 aliphatic rings. The second-order valence-electron chi connectivity index (χ2n) is 7.20. The minimum absolute atomic E-state index is 0.0797. The zero-order chi connectivity index (χ0) is 17.4. The highest BCUT2D eigenvalue weighted by Gasteiger charge is 2.45. The zero-order valence-electron chi connectivity index (χ0n) is 14.0. The van der Waals surface area contributed by atoms with Crippen molar-refractivity contribution in [3.63, 3.8) is 0 Å². The standard InChI is InChI=1S/C15H26N2O5S/c1-11(2)12(17-8-5-9-23(17,21)22)13(18)16-7-4-6-15(3,10-16)14(19)20/h11-12H,4-10H2,1-3H3,(H,19,20). The average Bonchev–Trinajstić information content (AvgIpc) is 2.78. The topological polar surface area (TPSA) is 95.0 Å². The molecule has 2 atom stereocenters. The smallest absolute Gasteiger partial charge is 0.311 e. The lowest BCUT2D eigenvalue weighted by Gasteiger charge is -2.41. The van der Waals surface area contributed by atoms with E-state index in [-0.39, 0.29) is 24.1 Å². The number of carboxylic acid groups (broad SMARTS) is 1. The molecule has 7 nitrogen and oxygen atoms in total. The lowest BCUT2D eigenvalue weighted by molar-refractivity contribution is -0.154. The second kappa shape index (κ2) is 6.39. The van der Waals surface area contributed by atoms with Crippen molar-refractivity contribution in [3.8, 4) is 0 Å². The van der Waals surface area contributed by atoms with Crippen LogP contribution in [0.1, 0.15) is 40.0 Å². The Morgan fingerprint density at radius 3 is 2.30 bits per heavy atom. The van der Waals surface area contributed by atoms with Crippen molar-refractivity contribution in [2.24, 2.45) is 11.3 Å². The Balaban J connectivity index is 2.23. The molecule has 1 N–H and O–H groups in total. The third-order valence-corrected chi connectivity index (χ3v) is 6.79. The molecule has 2 heterocycles. The van der Waals surface area contributed by atoms with Crippen LogP contribution in [0.2, 0.25) is 0 Å². The quantitative estimate of drug-likeness (QED) is 0.811. The number of likely N-dealkylation sites (tertiary alicyclic amines) is 1. The molecule has 2 rings (SSSR count). The van der Waals surface area contributed by atoms with E-state index in [0.717, 1.165) is 0 Å². The molecule has 0 saturated carbocycles. The summed E-state index contributed by atoms with van der Waals surface area (Å²) >= 11 is 0. The summed E-state index contributed by atoms with van der Waals surface area (Å²) in [5, 5.41) is 9.40. The molecule has 1 amide bonds. The number of aliphatic carboxylic acids is 1. The Bertz CT molecular complexity index is 589. The van der Waals surface area contributed by atoms with Gasteiger partial charge in [0.1, 0.15) is 6.04 Å². The fourth-order valence-electron chi connectivity index (χ4n) is 3.50. The summed E-state index contributed by atoms with van der Waals surface area (Å²) in [6.45, 7) is 6.29. The van der Waals surface area contributed by atoms with E-state index in [1.54, 1.807) is 6.92 Å². The van der Waals surface area contributed by atoms with Gasteiger partial charge >= 0.3 is 5.97 Å². The third-order valence-electron chi connectivity index (χ3n) is 4.86. The molecule has 132 valence electrons.